The molecule has 2 rings (SSSR count). The van der Waals surface area contributed by atoms with Crippen LogP contribution in [0.3, 0.4) is 0 Å². The highest BCUT2D eigenvalue weighted by molar-refractivity contribution is 5.97. The number of hydrogen-bond donors (Lipinski definition) is 1. The molecule has 0 aromatic heterocycles. The van der Waals surface area contributed by atoms with Gasteiger partial charge in [-0.15, -0.1) is 0 Å². The molecule has 178 valence electrons. The Kier molecular flexibility index (Phi) is 10.6. The quantitative estimate of drug-likeness (QED) is 0.535. The molecule has 7 nitrogen and oxygen atoms in total. The molecular formula is C26H36N4O3. The second kappa shape index (κ2) is 13.4. The molecule has 0 fully saturated rings. The molecule has 0 aliphatic rings. The molecule has 0 saturated carbocycles. The van der Waals surface area contributed by atoms with Gasteiger partial charge in [0.1, 0.15) is 6.54 Å². The van der Waals surface area contributed by atoms with E-state index < -0.39 is 0 Å². The van der Waals surface area contributed by atoms with Crippen molar-refractivity contribution >= 4 is 23.4 Å². The van der Waals surface area contributed by atoms with Crippen molar-refractivity contribution in [2.24, 2.45) is 0 Å². The van der Waals surface area contributed by atoms with Crippen LogP contribution in [0.2, 0.25) is 0 Å². The van der Waals surface area contributed by atoms with E-state index in [4.69, 9.17) is 0 Å². The highest BCUT2D eigenvalue weighted by Crippen LogP contribution is 2.13. The third-order valence-corrected chi connectivity index (χ3v) is 5.55. The molecule has 7 heteroatoms. The summed E-state index contributed by atoms with van der Waals surface area (Å²) in [5, 5.41) is 2.70. The lowest BCUT2D eigenvalue weighted by atomic mass is 10.1. The van der Waals surface area contributed by atoms with Crippen molar-refractivity contribution in [2.45, 2.75) is 33.7 Å². The first-order valence-electron chi connectivity index (χ1n) is 11.5. The van der Waals surface area contributed by atoms with Crippen molar-refractivity contribution in [2.75, 3.05) is 45.1 Å². The van der Waals surface area contributed by atoms with Crippen molar-refractivity contribution in [3.8, 4) is 0 Å². The van der Waals surface area contributed by atoms with E-state index in [1.165, 1.54) is 6.92 Å². The van der Waals surface area contributed by atoms with Gasteiger partial charge < -0.3 is 20.0 Å². The molecule has 0 saturated heterocycles. The second-order valence-corrected chi connectivity index (χ2v) is 8.10. The lowest BCUT2D eigenvalue weighted by Gasteiger charge is -2.27. The number of likely N-dealkylation sites (N-methyl/N-ethyl adjacent to an activating group) is 1. The maximum atomic E-state index is 13.3. The minimum Gasteiger partial charge on any atom is -0.340 e. The average Bonchev–Trinajstić information content (AvgIpc) is 2.81. The van der Waals surface area contributed by atoms with Crippen LogP contribution < -0.4 is 5.32 Å². The highest BCUT2D eigenvalue weighted by Gasteiger charge is 2.21. The van der Waals surface area contributed by atoms with E-state index in [-0.39, 0.29) is 24.3 Å². The van der Waals surface area contributed by atoms with Crippen LogP contribution in [0.4, 0.5) is 5.69 Å². The number of benzene rings is 2. The lowest BCUT2D eigenvalue weighted by molar-refractivity contribution is -0.131. The van der Waals surface area contributed by atoms with Crippen LogP contribution in [0.15, 0.2) is 54.6 Å². The Labute approximate surface area is 197 Å². The first kappa shape index (κ1) is 26.1. The fraction of sp³-hybridized carbons (Fsp3) is 0.423. The number of nitrogens with zero attached hydrogens (tertiary/aromatic N) is 3. The zero-order chi connectivity index (χ0) is 24.2. The van der Waals surface area contributed by atoms with Crippen LogP contribution in [-0.4, -0.2) is 72.2 Å². The Morgan fingerprint density at radius 2 is 1.52 bits per heavy atom. The topological polar surface area (TPSA) is 73.0 Å². The van der Waals surface area contributed by atoms with Gasteiger partial charge in [-0.3, -0.25) is 14.4 Å². The van der Waals surface area contributed by atoms with Crippen molar-refractivity contribution in [1.82, 2.24) is 14.7 Å². The summed E-state index contributed by atoms with van der Waals surface area (Å²) in [6.45, 7) is 9.45. The Morgan fingerprint density at radius 3 is 2.09 bits per heavy atom. The molecule has 0 heterocycles. The number of carbonyl (C=O) groups is 3. The first-order chi connectivity index (χ1) is 15.8. The smallest absolute Gasteiger partial charge is 0.254 e. The Morgan fingerprint density at radius 1 is 0.879 bits per heavy atom. The van der Waals surface area contributed by atoms with E-state index in [1.807, 2.05) is 30.3 Å². The van der Waals surface area contributed by atoms with Gasteiger partial charge in [0.25, 0.3) is 5.91 Å². The number of hydrogen-bond acceptors (Lipinski definition) is 4. The van der Waals surface area contributed by atoms with Gasteiger partial charge in [-0.1, -0.05) is 44.2 Å². The van der Waals surface area contributed by atoms with Gasteiger partial charge in [0.15, 0.2) is 0 Å². The summed E-state index contributed by atoms with van der Waals surface area (Å²) in [5.74, 6) is -0.463. The molecule has 0 aliphatic carbocycles. The van der Waals surface area contributed by atoms with Crippen molar-refractivity contribution < 1.29 is 14.4 Å². The number of anilines is 1. The van der Waals surface area contributed by atoms with Crippen molar-refractivity contribution in [3.63, 3.8) is 0 Å². The highest BCUT2D eigenvalue weighted by atomic mass is 16.2. The van der Waals surface area contributed by atoms with E-state index in [0.717, 1.165) is 31.6 Å². The zero-order valence-electron chi connectivity index (χ0n) is 20.2. The van der Waals surface area contributed by atoms with Gasteiger partial charge in [-0.05, 0) is 55.9 Å². The predicted molar refractivity (Wildman–Crippen MR) is 132 cm³/mol. The molecule has 2 aromatic rings. The Balaban J connectivity index is 2.09. The fourth-order valence-electron chi connectivity index (χ4n) is 3.59. The molecule has 33 heavy (non-hydrogen) atoms. The fourth-order valence-corrected chi connectivity index (χ4v) is 3.59. The molecule has 0 spiro atoms. The summed E-state index contributed by atoms with van der Waals surface area (Å²) >= 11 is 0. The normalized spacial score (nSPS) is 10.7. The molecule has 3 amide bonds. The van der Waals surface area contributed by atoms with Crippen LogP contribution in [0.25, 0.3) is 0 Å². The number of nitrogens with one attached hydrogen (secondary N) is 1. The number of rotatable bonds is 12. The van der Waals surface area contributed by atoms with Gasteiger partial charge in [0.05, 0.1) is 0 Å². The molecule has 2 aromatic carbocycles. The molecule has 0 unspecified atom stereocenters. The van der Waals surface area contributed by atoms with E-state index in [9.17, 15) is 14.4 Å². The number of amides is 3. The summed E-state index contributed by atoms with van der Waals surface area (Å²) in [7, 11) is 1.76. The first-order valence-corrected chi connectivity index (χ1v) is 11.5. The minimum atomic E-state index is -0.189. The Bertz CT molecular complexity index is 896. The predicted octanol–water partition coefficient (Wildman–Crippen LogP) is 3.48. The molecule has 0 radical (unpaired) electrons. The molecule has 0 bridgehead atoms. The average molecular weight is 453 g/mol. The van der Waals surface area contributed by atoms with E-state index in [2.05, 4.69) is 24.1 Å². The second-order valence-electron chi connectivity index (χ2n) is 8.10. The largest absolute Gasteiger partial charge is 0.340 e. The van der Waals surface area contributed by atoms with Crippen LogP contribution in [-0.2, 0) is 16.1 Å². The summed E-state index contributed by atoms with van der Waals surface area (Å²) in [6.07, 6.45) is 0.785. The minimum absolute atomic E-state index is 0.0217. The van der Waals surface area contributed by atoms with Gasteiger partial charge in [0, 0.05) is 38.3 Å². The van der Waals surface area contributed by atoms with E-state index in [0.29, 0.717) is 24.3 Å². The van der Waals surface area contributed by atoms with Gasteiger partial charge in [-0.2, -0.15) is 0 Å². The number of carbonyl (C=O) groups excluding carboxylic acids is 3. The van der Waals surface area contributed by atoms with Gasteiger partial charge in [-0.25, -0.2) is 0 Å². The maximum Gasteiger partial charge on any atom is 0.254 e. The van der Waals surface area contributed by atoms with Crippen LogP contribution in [0.1, 0.15) is 43.1 Å². The SMILES string of the molecule is CCN(CC)CCCN(CC(=O)N(C)Cc1ccccc1)C(=O)c1ccc(NC(C)=O)cc1. The van der Waals surface area contributed by atoms with Crippen LogP contribution in [0.5, 0.6) is 0 Å². The van der Waals surface area contributed by atoms with Crippen LogP contribution in [0, 0.1) is 0 Å². The standard InChI is InChI=1S/C26H36N4O3/c1-5-29(6-2)17-10-18-30(20-25(32)28(4)19-22-11-8-7-9-12-22)26(33)23-13-15-24(16-14-23)27-21(3)31/h7-9,11-16H,5-6,10,17-20H2,1-4H3,(H,27,31). The Hall–Kier alpha value is -3.19. The van der Waals surface area contributed by atoms with Crippen molar-refractivity contribution in [1.29, 1.82) is 0 Å². The summed E-state index contributed by atoms with van der Waals surface area (Å²) in [6, 6.07) is 16.6. The van der Waals surface area contributed by atoms with Gasteiger partial charge in [0.2, 0.25) is 11.8 Å². The van der Waals surface area contributed by atoms with Crippen molar-refractivity contribution in [3.05, 3.63) is 65.7 Å². The summed E-state index contributed by atoms with van der Waals surface area (Å²) in [4.78, 5) is 43.0. The molecular weight excluding hydrogens is 416 g/mol. The summed E-state index contributed by atoms with van der Waals surface area (Å²) in [5.41, 5.74) is 2.16. The third kappa shape index (κ3) is 8.69. The van der Waals surface area contributed by atoms with E-state index >= 15 is 0 Å². The zero-order valence-corrected chi connectivity index (χ0v) is 20.2. The lowest BCUT2D eigenvalue weighted by Crippen LogP contribution is -2.42. The third-order valence-electron chi connectivity index (χ3n) is 5.55. The summed E-state index contributed by atoms with van der Waals surface area (Å²) < 4.78 is 0. The molecule has 1 N–H and O–H groups in total. The van der Waals surface area contributed by atoms with E-state index in [1.54, 1.807) is 41.1 Å². The molecule has 0 atom stereocenters. The monoisotopic (exact) mass is 452 g/mol. The maximum absolute atomic E-state index is 13.3. The van der Waals surface area contributed by atoms with Gasteiger partial charge >= 0.3 is 0 Å². The van der Waals surface area contributed by atoms with Crippen LogP contribution >= 0.6 is 0 Å². The molecule has 0 aliphatic heterocycles.